The van der Waals surface area contributed by atoms with Crippen molar-refractivity contribution in [3.8, 4) is 11.8 Å². The molecule has 1 aromatic carbocycles. The number of carbonyl (C=O) groups is 2. The van der Waals surface area contributed by atoms with E-state index in [4.69, 9.17) is 15.2 Å². The quantitative estimate of drug-likeness (QED) is 0.175. The Hall–Kier alpha value is -4.06. The van der Waals surface area contributed by atoms with Crippen molar-refractivity contribution < 1.29 is 24.2 Å². The molecule has 19 atom stereocenters. The third-order valence-corrected chi connectivity index (χ3v) is 25.5. The molecule has 8 heteroatoms. The molecule has 9 aliphatic carbocycles. The molecule has 8 aliphatic heterocycles. The number of piperidine rings is 2. The first kappa shape index (κ1) is 44.1. The number of nitrogens with zero attached hydrogens (tertiary/aromatic N) is 2. The van der Waals surface area contributed by atoms with Gasteiger partial charge in [0.1, 0.15) is 11.2 Å². The average molecular weight is 980 g/mol. The van der Waals surface area contributed by atoms with Gasteiger partial charge in [0.15, 0.2) is 11.4 Å². The molecule has 4 saturated carbocycles. The van der Waals surface area contributed by atoms with Gasteiger partial charge in [-0.2, -0.15) is 0 Å². The standard InChI is InChI=1S/C65H77N3O5/c1-35-24-41-18-19-51-49-34-67-32-44-33-68(51)58(41)56-47-20-22-63-59(53(69)29-52(67)43-25-42-30-62(31-43)21-6-13-45(62)26-38(42)11-4-14-46(44)49)72-61(71)64(63)54(65(63)50-15-5-10-37(12-7-23-66)55(50)60(70)73-65)28-39(36-8-2-3-9-36)16-17-40(57(47)64)27-48(35)56/h5,10,15-17,26,35-36,39-40,42-46,48-49,51-52,54,56,69H,2-3,6-9,11-13,18-25,27-34,66H2,1H3/b17-16-,59-53-/t35-,39-,40-,42-,43-,44+,45+,46+,48+,49+,51+,52-,54+,56+,62-,63-,64-,65-/m1/s1. The molecule has 0 aromatic heterocycles. The molecule has 8 nitrogen and oxygen atoms in total. The summed E-state index contributed by atoms with van der Waals surface area (Å²) < 4.78 is 14.7. The van der Waals surface area contributed by atoms with Gasteiger partial charge >= 0.3 is 11.9 Å². The summed E-state index contributed by atoms with van der Waals surface area (Å²) in [7, 11) is 0. The van der Waals surface area contributed by atoms with E-state index in [2.05, 4.69) is 65.0 Å². The first-order chi connectivity index (χ1) is 35.7. The second kappa shape index (κ2) is 15.1. The number of carbonyl (C=O) groups excluding carboxylic acids is 2. The molecule has 4 spiro atoms. The van der Waals surface area contributed by atoms with Gasteiger partial charge < -0.3 is 25.2 Å². The van der Waals surface area contributed by atoms with E-state index in [1.165, 1.54) is 88.2 Å². The summed E-state index contributed by atoms with van der Waals surface area (Å²) in [4.78, 5) is 37.8. The number of nitrogens with two attached hydrogens (primary N) is 1. The molecule has 73 heavy (non-hydrogen) atoms. The Labute approximate surface area is 433 Å². The number of aliphatic hydroxyl groups is 1. The van der Waals surface area contributed by atoms with Gasteiger partial charge in [0, 0.05) is 85.4 Å². The molecule has 382 valence electrons. The smallest absolute Gasteiger partial charge is 0.339 e. The summed E-state index contributed by atoms with van der Waals surface area (Å²) in [5.41, 5.74) is 13.7. The summed E-state index contributed by atoms with van der Waals surface area (Å²) in [5.74, 6) is 13.1. The summed E-state index contributed by atoms with van der Waals surface area (Å²) >= 11 is 0. The zero-order valence-corrected chi connectivity index (χ0v) is 43.4. The van der Waals surface area contributed by atoms with Crippen molar-refractivity contribution in [3.63, 3.8) is 0 Å². The van der Waals surface area contributed by atoms with Crippen LogP contribution in [-0.2, 0) is 26.3 Å². The summed E-state index contributed by atoms with van der Waals surface area (Å²) in [6.45, 7) is 6.18. The van der Waals surface area contributed by atoms with Gasteiger partial charge in [-0.25, -0.2) is 4.79 Å². The Morgan fingerprint density at radius 2 is 1.81 bits per heavy atom. The van der Waals surface area contributed by atoms with Crippen LogP contribution >= 0.6 is 0 Å². The highest BCUT2D eigenvalue weighted by Crippen LogP contribution is 2.88. The maximum absolute atomic E-state index is 16.6. The number of aryl methyl sites for hydroxylation is 1. The van der Waals surface area contributed by atoms with Crippen molar-refractivity contribution in [2.75, 3.05) is 26.2 Å². The molecule has 0 radical (unpaired) electrons. The third kappa shape index (κ3) is 5.26. The Morgan fingerprint density at radius 3 is 2.70 bits per heavy atom. The third-order valence-electron chi connectivity index (χ3n) is 25.5. The minimum absolute atomic E-state index is 0.0886. The van der Waals surface area contributed by atoms with E-state index in [1.54, 1.807) is 16.8 Å². The Balaban J connectivity index is 0.947. The van der Waals surface area contributed by atoms with E-state index >= 15 is 9.59 Å². The van der Waals surface area contributed by atoms with E-state index < -0.39 is 16.4 Å². The maximum atomic E-state index is 16.6. The Kier molecular flexibility index (Phi) is 9.13. The van der Waals surface area contributed by atoms with Crippen molar-refractivity contribution in [3.05, 3.63) is 92.6 Å². The Bertz CT molecular complexity index is 2910. The number of allylic oxidation sites excluding steroid dienone is 6. The topological polar surface area (TPSA) is 105 Å². The molecule has 3 N–H and O–H groups in total. The first-order valence-electron chi connectivity index (χ1n) is 30.2. The lowest BCUT2D eigenvalue weighted by molar-refractivity contribution is -0.282. The van der Waals surface area contributed by atoms with Crippen molar-refractivity contribution >= 4 is 11.9 Å². The second-order valence-corrected chi connectivity index (χ2v) is 27.8. The van der Waals surface area contributed by atoms with Gasteiger partial charge in [-0.05, 0) is 173 Å². The zero-order chi connectivity index (χ0) is 48.5. The predicted octanol–water partition coefficient (Wildman–Crippen LogP) is 11.2. The predicted molar refractivity (Wildman–Crippen MR) is 278 cm³/mol. The lowest BCUT2D eigenvalue weighted by atomic mass is 9.27. The van der Waals surface area contributed by atoms with Gasteiger partial charge in [-0.15, -0.1) is 0 Å². The van der Waals surface area contributed by atoms with E-state index in [1.807, 2.05) is 0 Å². The minimum Gasteiger partial charge on any atom is -0.509 e. The summed E-state index contributed by atoms with van der Waals surface area (Å²) in [6.07, 6.45) is 30.1. The average Bonchev–Trinajstić information content (AvgIpc) is 4.30. The highest BCUT2D eigenvalue weighted by atomic mass is 16.6. The normalized spacial score (nSPS) is 50.1. The number of fused-ring (bicyclic) bond motifs is 5. The van der Waals surface area contributed by atoms with Crippen molar-refractivity contribution in [2.24, 2.45) is 98.9 Å². The van der Waals surface area contributed by atoms with Gasteiger partial charge in [0.05, 0.1) is 11.0 Å². The van der Waals surface area contributed by atoms with E-state index in [9.17, 15) is 5.11 Å². The van der Waals surface area contributed by atoms with Crippen LogP contribution in [0.2, 0.25) is 0 Å². The highest BCUT2D eigenvalue weighted by molar-refractivity contribution is 6.00. The van der Waals surface area contributed by atoms with E-state index in [-0.39, 0.29) is 47.4 Å². The van der Waals surface area contributed by atoms with Gasteiger partial charge in [0.25, 0.3) is 0 Å². The first-order valence-corrected chi connectivity index (χ1v) is 30.2. The molecule has 8 heterocycles. The molecule has 1 aromatic rings. The van der Waals surface area contributed by atoms with Crippen LogP contribution < -0.4 is 5.73 Å². The molecule has 1 unspecified atom stereocenters. The van der Waals surface area contributed by atoms with Crippen LogP contribution in [-0.4, -0.2) is 65.1 Å². The number of esters is 2. The van der Waals surface area contributed by atoms with Crippen molar-refractivity contribution in [1.29, 1.82) is 0 Å². The lowest BCUT2D eigenvalue weighted by Crippen LogP contribution is -2.78. The van der Waals surface area contributed by atoms with Gasteiger partial charge in [0.2, 0.25) is 0 Å². The van der Waals surface area contributed by atoms with Crippen molar-refractivity contribution in [2.45, 2.75) is 159 Å². The van der Waals surface area contributed by atoms with Crippen LogP contribution in [0.25, 0.3) is 0 Å². The van der Waals surface area contributed by atoms with Crippen molar-refractivity contribution in [1.82, 2.24) is 9.80 Å². The number of hydrogen-bond donors (Lipinski definition) is 2. The fourth-order valence-corrected chi connectivity index (χ4v) is 23.2. The minimum atomic E-state index is -1.15. The van der Waals surface area contributed by atoms with Crippen LogP contribution in [0.15, 0.2) is 75.9 Å². The maximum Gasteiger partial charge on any atom is 0.339 e. The number of benzene rings is 1. The number of aliphatic hydroxyl groups excluding tert-OH is 1. The van der Waals surface area contributed by atoms with E-state index in [0.29, 0.717) is 102 Å². The molecule has 0 amide bonds. The number of hydrogen-bond acceptors (Lipinski definition) is 8. The van der Waals surface area contributed by atoms with Crippen LogP contribution in [0.5, 0.6) is 0 Å². The number of rotatable bonds is 4. The molecule has 11 bridgehead atoms. The molecular formula is C65H77N3O5. The molecular weight excluding hydrogens is 903 g/mol. The van der Waals surface area contributed by atoms with Gasteiger partial charge in [-0.1, -0.05) is 91.2 Å². The van der Waals surface area contributed by atoms with Crippen LogP contribution in [0.1, 0.15) is 157 Å². The summed E-state index contributed by atoms with van der Waals surface area (Å²) in [6, 6.07) is 6.99. The monoisotopic (exact) mass is 980 g/mol. The van der Waals surface area contributed by atoms with Crippen LogP contribution in [0, 0.1) is 105 Å². The fourth-order valence-electron chi connectivity index (χ4n) is 23.2. The summed E-state index contributed by atoms with van der Waals surface area (Å²) in [5, 5.41) is 13.9. The van der Waals surface area contributed by atoms with Crippen LogP contribution in [0.3, 0.4) is 0 Å². The second-order valence-electron chi connectivity index (χ2n) is 27.8. The molecule has 18 rings (SSSR count). The van der Waals surface area contributed by atoms with E-state index in [0.717, 1.165) is 69.3 Å². The highest BCUT2D eigenvalue weighted by Gasteiger charge is 2.94. The fraction of sp³-hybridized carbons (Fsp3) is 0.692. The molecule has 3 saturated heterocycles. The molecule has 17 aliphatic rings. The zero-order valence-electron chi connectivity index (χ0n) is 43.4. The SMILES string of the molecule is C[C@@H]1CC2=C3[C@H]4C5=C6[C@H](/C=C\[C@@H](C7CCCC7)C[C@H]7[C@]68C(=O)O/C(=C(\O)C[C@@H]6[C@@H]9C[C@@H]%10C[C@]%11(CCC[C@H]%11C=C%10CC#C[C@H]%10[C@H]%11CN6C[C@@H]%10[C@H](CC2)N3C%11)C9)[C@@]8(CC5)[C@]72OC(=O)c3c(CCCN)cccc32)C[C@H]41. The largest absolute Gasteiger partial charge is 0.509 e. The lowest BCUT2D eigenvalue weighted by Gasteiger charge is -2.73. The molecule has 7 fully saturated rings. The van der Waals surface area contributed by atoms with Gasteiger partial charge in [-0.3, -0.25) is 9.69 Å². The number of ether oxygens (including phenoxy) is 2. The Morgan fingerprint density at radius 1 is 0.904 bits per heavy atom. The van der Waals surface area contributed by atoms with Crippen LogP contribution in [0.4, 0.5) is 0 Å².